The maximum absolute atomic E-state index is 12.8. The van der Waals surface area contributed by atoms with Crippen LogP contribution in [-0.4, -0.2) is 13.1 Å². The summed E-state index contributed by atoms with van der Waals surface area (Å²) in [5.74, 6) is -0.338. The summed E-state index contributed by atoms with van der Waals surface area (Å²) in [6.45, 7) is 0.214. The first-order valence-electron chi connectivity index (χ1n) is 5.87. The van der Waals surface area contributed by atoms with Gasteiger partial charge in [-0.05, 0) is 29.8 Å². The Morgan fingerprint density at radius 1 is 1.11 bits per heavy atom. The van der Waals surface area contributed by atoms with Gasteiger partial charge in [-0.25, -0.2) is 9.18 Å². The van der Waals surface area contributed by atoms with Crippen molar-refractivity contribution in [2.24, 2.45) is 0 Å². The van der Waals surface area contributed by atoms with Gasteiger partial charge in [0.2, 0.25) is 0 Å². The van der Waals surface area contributed by atoms with E-state index in [1.54, 1.807) is 7.05 Å². The molecule has 0 unspecified atom stereocenters. The van der Waals surface area contributed by atoms with Gasteiger partial charge in [-0.15, -0.1) is 0 Å². The molecule has 0 saturated heterocycles. The molecule has 0 heterocycles. The molecule has 2 aromatic carbocycles. The molecule has 0 aromatic heterocycles. The smallest absolute Gasteiger partial charge is 0.414 e. The summed E-state index contributed by atoms with van der Waals surface area (Å²) in [7, 11) is 1.58. The predicted octanol–water partition coefficient (Wildman–Crippen LogP) is 3.60. The van der Waals surface area contributed by atoms with Gasteiger partial charge >= 0.3 is 6.09 Å². The first-order valence-corrected chi connectivity index (χ1v) is 5.87. The molecule has 0 aliphatic heterocycles. The van der Waals surface area contributed by atoms with Crippen LogP contribution in [0.1, 0.15) is 5.56 Å². The Balaban J connectivity index is 1.94. The number of hydrogen-bond acceptors (Lipinski definition) is 2. The van der Waals surface area contributed by atoms with Crippen molar-refractivity contribution in [3.05, 3.63) is 66.0 Å². The standard InChI is InChI=1S/C15H14FNO2/c1-17(14-9-7-13(16)8-10-14)15(18)19-11-12-5-3-2-4-6-12/h2-10H,11H2,1H3/i16-1. The van der Waals surface area contributed by atoms with Crippen molar-refractivity contribution in [3.63, 3.8) is 0 Å². The van der Waals surface area contributed by atoms with Crippen molar-refractivity contribution in [3.8, 4) is 0 Å². The van der Waals surface area contributed by atoms with E-state index in [0.29, 0.717) is 5.69 Å². The Morgan fingerprint density at radius 3 is 2.37 bits per heavy atom. The first kappa shape index (κ1) is 13.1. The monoisotopic (exact) mass is 258 g/mol. The average molecular weight is 258 g/mol. The second kappa shape index (κ2) is 6.00. The van der Waals surface area contributed by atoms with E-state index in [4.69, 9.17) is 4.74 Å². The van der Waals surface area contributed by atoms with Crippen LogP contribution in [0.5, 0.6) is 0 Å². The summed E-state index contributed by atoms with van der Waals surface area (Å²) in [4.78, 5) is 13.1. The number of anilines is 1. The minimum absolute atomic E-state index is 0.214. The summed E-state index contributed by atoms with van der Waals surface area (Å²) in [5.41, 5.74) is 1.50. The number of amides is 1. The Kier molecular flexibility index (Phi) is 4.13. The van der Waals surface area contributed by atoms with Gasteiger partial charge in [0.25, 0.3) is 0 Å². The van der Waals surface area contributed by atoms with E-state index in [1.807, 2.05) is 30.3 Å². The third kappa shape index (κ3) is 3.55. The Bertz CT molecular complexity index is 540. The van der Waals surface area contributed by atoms with Gasteiger partial charge in [0.05, 0.1) is 0 Å². The summed E-state index contributed by atoms with van der Waals surface area (Å²) in [6, 6.07) is 15.1. The van der Waals surface area contributed by atoms with Crippen molar-refractivity contribution in [2.45, 2.75) is 6.61 Å². The van der Waals surface area contributed by atoms with Crippen LogP contribution in [0.25, 0.3) is 0 Å². The summed E-state index contributed by atoms with van der Waals surface area (Å²) >= 11 is 0. The lowest BCUT2D eigenvalue weighted by atomic mass is 10.2. The molecule has 0 fully saturated rings. The summed E-state index contributed by atoms with van der Waals surface area (Å²) in [6.07, 6.45) is -0.476. The highest BCUT2D eigenvalue weighted by Crippen LogP contribution is 2.14. The molecule has 0 atom stereocenters. The molecule has 4 heteroatoms. The molecule has 0 aliphatic carbocycles. The van der Waals surface area contributed by atoms with Crippen molar-refractivity contribution in [1.29, 1.82) is 0 Å². The highest BCUT2D eigenvalue weighted by molar-refractivity contribution is 5.86. The zero-order chi connectivity index (χ0) is 13.7. The maximum atomic E-state index is 12.8. The largest absolute Gasteiger partial charge is 0.444 e. The minimum Gasteiger partial charge on any atom is -0.444 e. The van der Waals surface area contributed by atoms with E-state index >= 15 is 0 Å². The number of rotatable bonds is 3. The molecule has 19 heavy (non-hydrogen) atoms. The lowest BCUT2D eigenvalue weighted by Gasteiger charge is -2.17. The molecule has 2 aromatic rings. The van der Waals surface area contributed by atoms with E-state index < -0.39 is 6.09 Å². The number of hydrogen-bond donors (Lipinski definition) is 0. The molecule has 0 aliphatic rings. The molecule has 0 N–H and O–H groups in total. The van der Waals surface area contributed by atoms with Crippen molar-refractivity contribution in [2.75, 3.05) is 11.9 Å². The van der Waals surface area contributed by atoms with E-state index in [1.165, 1.54) is 29.2 Å². The number of halogens is 1. The van der Waals surface area contributed by atoms with E-state index in [9.17, 15) is 9.18 Å². The second-order valence-electron chi connectivity index (χ2n) is 4.08. The molecular weight excluding hydrogens is 244 g/mol. The molecule has 0 bridgehead atoms. The zero-order valence-corrected chi connectivity index (χ0v) is 10.5. The first-order chi connectivity index (χ1) is 9.16. The van der Waals surface area contributed by atoms with E-state index in [2.05, 4.69) is 0 Å². The van der Waals surface area contributed by atoms with Crippen molar-refractivity contribution < 1.29 is 13.9 Å². The highest BCUT2D eigenvalue weighted by Gasteiger charge is 2.12. The number of carbonyl (C=O) groups excluding carboxylic acids is 1. The van der Waals surface area contributed by atoms with Gasteiger partial charge in [0, 0.05) is 12.7 Å². The van der Waals surface area contributed by atoms with Crippen LogP contribution in [0, 0.1) is 5.82 Å². The molecule has 0 saturated carbocycles. The van der Waals surface area contributed by atoms with E-state index in [0.717, 1.165) is 5.56 Å². The lowest BCUT2D eigenvalue weighted by Crippen LogP contribution is -2.26. The normalized spacial score (nSPS) is 10.0. The fourth-order valence-electron chi connectivity index (χ4n) is 1.59. The minimum atomic E-state index is -0.476. The highest BCUT2D eigenvalue weighted by atomic mass is 18.2. The van der Waals surface area contributed by atoms with E-state index in [-0.39, 0.29) is 12.4 Å². The van der Waals surface area contributed by atoms with Gasteiger partial charge < -0.3 is 4.74 Å². The Morgan fingerprint density at radius 2 is 1.74 bits per heavy atom. The van der Waals surface area contributed by atoms with Gasteiger partial charge in [-0.2, -0.15) is 0 Å². The second-order valence-corrected chi connectivity index (χ2v) is 4.08. The van der Waals surface area contributed by atoms with Gasteiger partial charge in [0.15, 0.2) is 0 Å². The molecule has 2 rings (SSSR count). The van der Waals surface area contributed by atoms with Crippen molar-refractivity contribution >= 4 is 11.8 Å². The fourth-order valence-corrected chi connectivity index (χ4v) is 1.59. The molecule has 0 spiro atoms. The van der Waals surface area contributed by atoms with Crippen LogP contribution < -0.4 is 4.90 Å². The van der Waals surface area contributed by atoms with Crippen LogP contribution in [0.2, 0.25) is 0 Å². The molecular formula is C15H14FNO2. The topological polar surface area (TPSA) is 29.5 Å². The van der Waals surface area contributed by atoms with Crippen LogP contribution in [0.3, 0.4) is 0 Å². The molecule has 98 valence electrons. The van der Waals surface area contributed by atoms with Gasteiger partial charge in [-0.1, -0.05) is 30.3 Å². The number of benzene rings is 2. The lowest BCUT2D eigenvalue weighted by molar-refractivity contribution is 0.148. The Labute approximate surface area is 111 Å². The van der Waals surface area contributed by atoms with Crippen molar-refractivity contribution in [1.82, 2.24) is 0 Å². The summed E-state index contributed by atoms with van der Waals surface area (Å²) in [5, 5.41) is 0. The fraction of sp³-hybridized carbons (Fsp3) is 0.133. The quantitative estimate of drug-likeness (QED) is 0.841. The molecule has 0 radical (unpaired) electrons. The molecule has 1 amide bonds. The number of carbonyl (C=O) groups is 1. The Hall–Kier alpha value is -2.36. The van der Waals surface area contributed by atoms with Crippen LogP contribution >= 0.6 is 0 Å². The average Bonchev–Trinajstić information content (AvgIpc) is 2.46. The van der Waals surface area contributed by atoms with Crippen LogP contribution in [-0.2, 0) is 11.3 Å². The predicted molar refractivity (Wildman–Crippen MR) is 71.4 cm³/mol. The van der Waals surface area contributed by atoms with Crippen LogP contribution in [0.4, 0.5) is 14.9 Å². The third-order valence-corrected chi connectivity index (χ3v) is 2.69. The van der Waals surface area contributed by atoms with Gasteiger partial charge in [0.1, 0.15) is 12.4 Å². The molecule has 3 nitrogen and oxygen atoms in total. The third-order valence-electron chi connectivity index (χ3n) is 2.69. The summed E-state index contributed by atoms with van der Waals surface area (Å²) < 4.78 is 18.0. The maximum Gasteiger partial charge on any atom is 0.414 e. The SMILES string of the molecule is CN(C(=O)OCc1ccccc1)c1ccc([18F])cc1. The number of nitrogens with zero attached hydrogens (tertiary/aromatic N) is 1. The zero-order valence-electron chi connectivity index (χ0n) is 10.5. The van der Waals surface area contributed by atoms with Gasteiger partial charge in [-0.3, -0.25) is 4.90 Å². The van der Waals surface area contributed by atoms with Crippen LogP contribution in [0.15, 0.2) is 54.6 Å². The number of ether oxygens (including phenoxy) is 1.